The van der Waals surface area contributed by atoms with E-state index in [4.69, 9.17) is 4.74 Å². The van der Waals surface area contributed by atoms with E-state index >= 15 is 0 Å². The molecule has 1 aromatic heterocycles. The topological polar surface area (TPSA) is 47.4 Å². The molecule has 0 radical (unpaired) electrons. The zero-order chi connectivity index (χ0) is 15.9. The minimum absolute atomic E-state index is 0.0416. The Hall–Kier alpha value is -1.88. The van der Waals surface area contributed by atoms with E-state index in [-0.39, 0.29) is 11.5 Å². The molecule has 2 aliphatic heterocycles. The molecule has 5 nitrogen and oxygen atoms in total. The van der Waals surface area contributed by atoms with Crippen molar-refractivity contribution in [3.8, 4) is 0 Å². The average Bonchev–Trinajstić information content (AvgIpc) is 3.10. The summed E-state index contributed by atoms with van der Waals surface area (Å²) in [6.07, 6.45) is 7.16. The molecule has 1 spiro atoms. The normalized spacial score (nSPS) is 25.2. The zero-order valence-electron chi connectivity index (χ0n) is 13.6. The Morgan fingerprint density at radius 2 is 2.09 bits per heavy atom. The molecule has 2 fully saturated rings. The number of carbonyl (C=O) groups is 1. The van der Waals surface area contributed by atoms with E-state index in [1.54, 1.807) is 6.33 Å². The van der Waals surface area contributed by atoms with Crippen LogP contribution in [0.1, 0.15) is 42.5 Å². The molecule has 0 N–H and O–H groups in total. The molecular formula is C18H23N3O2. The second kappa shape index (κ2) is 5.64. The molecule has 1 aromatic carbocycles. The van der Waals surface area contributed by atoms with Crippen LogP contribution in [0.15, 0.2) is 24.5 Å². The van der Waals surface area contributed by atoms with Crippen LogP contribution in [0.2, 0.25) is 0 Å². The maximum atomic E-state index is 12.9. The van der Waals surface area contributed by atoms with Gasteiger partial charge in [-0.25, -0.2) is 4.98 Å². The summed E-state index contributed by atoms with van der Waals surface area (Å²) in [6.45, 7) is 2.49. The molecule has 0 aliphatic carbocycles. The fourth-order valence-corrected chi connectivity index (χ4v) is 3.97. The molecule has 23 heavy (non-hydrogen) atoms. The van der Waals surface area contributed by atoms with Crippen LogP contribution in [-0.2, 0) is 11.8 Å². The third-order valence-electron chi connectivity index (χ3n) is 5.34. The fraction of sp³-hybridized carbons (Fsp3) is 0.556. The number of rotatable bonds is 1. The smallest absolute Gasteiger partial charge is 0.253 e. The van der Waals surface area contributed by atoms with E-state index in [2.05, 4.69) is 4.98 Å². The van der Waals surface area contributed by atoms with Crippen LogP contribution >= 0.6 is 0 Å². The molecule has 3 heterocycles. The predicted octanol–water partition coefficient (Wildman–Crippen LogP) is 2.75. The highest BCUT2D eigenvalue weighted by atomic mass is 16.5. The van der Waals surface area contributed by atoms with E-state index in [1.165, 1.54) is 0 Å². The Kier molecular flexibility index (Phi) is 3.60. The van der Waals surface area contributed by atoms with Crippen LogP contribution < -0.4 is 0 Å². The quantitative estimate of drug-likeness (QED) is 0.813. The van der Waals surface area contributed by atoms with Crippen LogP contribution in [0.3, 0.4) is 0 Å². The number of aryl methyl sites for hydroxylation is 1. The van der Waals surface area contributed by atoms with Crippen molar-refractivity contribution < 1.29 is 9.53 Å². The van der Waals surface area contributed by atoms with Crippen molar-refractivity contribution in [1.29, 1.82) is 0 Å². The van der Waals surface area contributed by atoms with Crippen molar-refractivity contribution in [2.45, 2.75) is 37.7 Å². The molecule has 122 valence electrons. The van der Waals surface area contributed by atoms with Crippen molar-refractivity contribution >= 4 is 16.9 Å². The Morgan fingerprint density at radius 3 is 2.91 bits per heavy atom. The first-order valence-electron chi connectivity index (χ1n) is 8.51. The molecule has 1 unspecified atom stereocenters. The lowest BCUT2D eigenvalue weighted by Gasteiger charge is -2.27. The monoisotopic (exact) mass is 313 g/mol. The van der Waals surface area contributed by atoms with Crippen LogP contribution in [0.4, 0.5) is 0 Å². The highest BCUT2D eigenvalue weighted by Crippen LogP contribution is 2.35. The maximum Gasteiger partial charge on any atom is 0.253 e. The summed E-state index contributed by atoms with van der Waals surface area (Å²) in [4.78, 5) is 19.2. The van der Waals surface area contributed by atoms with Crippen LogP contribution in [0, 0.1) is 0 Å². The molecule has 2 aliphatic rings. The minimum Gasteiger partial charge on any atom is -0.375 e. The SMILES string of the molecule is Cn1cnc2cc(C(=O)N3CCCC4(CCCO4)CC3)ccc21. The number of ether oxygens (including phenoxy) is 1. The van der Waals surface area contributed by atoms with E-state index in [9.17, 15) is 4.79 Å². The molecule has 1 atom stereocenters. The summed E-state index contributed by atoms with van der Waals surface area (Å²) >= 11 is 0. The van der Waals surface area contributed by atoms with Crippen LogP contribution in [0.5, 0.6) is 0 Å². The Bertz CT molecular complexity index is 731. The van der Waals surface area contributed by atoms with E-state index in [0.29, 0.717) is 0 Å². The van der Waals surface area contributed by atoms with E-state index in [1.807, 2.05) is 34.7 Å². The van der Waals surface area contributed by atoms with Crippen LogP contribution in [-0.4, -0.2) is 45.7 Å². The van der Waals surface area contributed by atoms with Gasteiger partial charge in [0.2, 0.25) is 0 Å². The predicted molar refractivity (Wildman–Crippen MR) is 88.4 cm³/mol. The van der Waals surface area contributed by atoms with Crippen LogP contribution in [0.25, 0.3) is 11.0 Å². The van der Waals surface area contributed by atoms with Gasteiger partial charge in [0, 0.05) is 32.3 Å². The van der Waals surface area contributed by atoms with Crippen molar-refractivity contribution in [2.75, 3.05) is 19.7 Å². The average molecular weight is 313 g/mol. The van der Waals surface area contributed by atoms with Gasteiger partial charge in [-0.2, -0.15) is 0 Å². The number of likely N-dealkylation sites (tertiary alicyclic amines) is 1. The van der Waals surface area contributed by atoms with Gasteiger partial charge in [-0.15, -0.1) is 0 Å². The number of carbonyl (C=O) groups excluding carboxylic acids is 1. The standard InChI is InChI=1S/C18H23N3O2/c1-20-13-19-15-12-14(4-5-16(15)20)17(22)21-9-2-6-18(8-10-21)7-3-11-23-18/h4-5,12-13H,2-3,6-11H2,1H3. The van der Waals surface area contributed by atoms with Gasteiger partial charge < -0.3 is 14.2 Å². The largest absolute Gasteiger partial charge is 0.375 e. The second-order valence-corrected chi connectivity index (χ2v) is 6.84. The highest BCUT2D eigenvalue weighted by Gasteiger charge is 2.37. The van der Waals surface area contributed by atoms with E-state index < -0.39 is 0 Å². The summed E-state index contributed by atoms with van der Waals surface area (Å²) in [5, 5.41) is 0. The lowest BCUT2D eigenvalue weighted by Crippen LogP contribution is -2.34. The first-order valence-corrected chi connectivity index (χ1v) is 8.51. The number of nitrogens with zero attached hydrogens (tertiary/aromatic N) is 3. The number of aromatic nitrogens is 2. The molecule has 4 rings (SSSR count). The van der Waals surface area contributed by atoms with Gasteiger partial charge in [0.05, 0.1) is 23.0 Å². The first kappa shape index (κ1) is 14.7. The Labute approximate surface area is 136 Å². The summed E-state index contributed by atoms with van der Waals surface area (Å²) < 4.78 is 7.97. The number of fused-ring (bicyclic) bond motifs is 1. The highest BCUT2D eigenvalue weighted by molar-refractivity contribution is 5.97. The number of hydrogen-bond acceptors (Lipinski definition) is 3. The van der Waals surface area contributed by atoms with Gasteiger partial charge in [-0.1, -0.05) is 0 Å². The summed E-state index contributed by atoms with van der Waals surface area (Å²) in [7, 11) is 1.96. The summed E-state index contributed by atoms with van der Waals surface area (Å²) in [6, 6.07) is 5.80. The van der Waals surface area contributed by atoms with Gasteiger partial charge in [0.25, 0.3) is 5.91 Å². The maximum absolute atomic E-state index is 12.9. The number of hydrogen-bond donors (Lipinski definition) is 0. The third kappa shape index (κ3) is 2.63. The Balaban J connectivity index is 1.53. The fourth-order valence-electron chi connectivity index (χ4n) is 3.97. The lowest BCUT2D eigenvalue weighted by molar-refractivity contribution is -0.00691. The third-order valence-corrected chi connectivity index (χ3v) is 5.34. The number of benzene rings is 1. The molecule has 0 bridgehead atoms. The molecule has 0 saturated carbocycles. The number of imidazole rings is 1. The van der Waals surface area contributed by atoms with Gasteiger partial charge in [-0.05, 0) is 50.3 Å². The minimum atomic E-state index is 0.0416. The van der Waals surface area contributed by atoms with Crippen molar-refractivity contribution in [1.82, 2.24) is 14.5 Å². The van der Waals surface area contributed by atoms with Gasteiger partial charge >= 0.3 is 0 Å². The van der Waals surface area contributed by atoms with Crippen molar-refractivity contribution in [2.24, 2.45) is 7.05 Å². The molecule has 5 heteroatoms. The zero-order valence-corrected chi connectivity index (χ0v) is 13.6. The lowest BCUT2D eigenvalue weighted by atomic mass is 9.92. The van der Waals surface area contributed by atoms with Crippen molar-refractivity contribution in [3.05, 3.63) is 30.1 Å². The second-order valence-electron chi connectivity index (χ2n) is 6.84. The van der Waals surface area contributed by atoms with Gasteiger partial charge in [0.15, 0.2) is 0 Å². The molecule has 2 aromatic rings. The molecule has 1 amide bonds. The van der Waals surface area contributed by atoms with Gasteiger partial charge in [-0.3, -0.25) is 4.79 Å². The summed E-state index contributed by atoms with van der Waals surface area (Å²) in [5.41, 5.74) is 2.71. The van der Waals surface area contributed by atoms with Crippen molar-refractivity contribution in [3.63, 3.8) is 0 Å². The van der Waals surface area contributed by atoms with Gasteiger partial charge in [0.1, 0.15) is 0 Å². The van der Waals surface area contributed by atoms with E-state index in [0.717, 1.165) is 68.4 Å². The molecule has 2 saturated heterocycles. The summed E-state index contributed by atoms with van der Waals surface area (Å²) in [5.74, 6) is 0.118. The molecular weight excluding hydrogens is 290 g/mol. The first-order chi connectivity index (χ1) is 11.2. The Morgan fingerprint density at radius 1 is 1.22 bits per heavy atom. The number of amides is 1.